The molecule has 0 aliphatic heterocycles. The summed E-state index contributed by atoms with van der Waals surface area (Å²) in [5, 5.41) is 4.56. The summed E-state index contributed by atoms with van der Waals surface area (Å²) < 4.78 is 14.6. The number of rotatable bonds is 3. The minimum atomic E-state index is -0.418. The molecule has 3 aromatic rings. The van der Waals surface area contributed by atoms with Crippen LogP contribution < -0.4 is 11.1 Å². The fourth-order valence-electron chi connectivity index (χ4n) is 3.30. The quantitative estimate of drug-likeness (QED) is 0.694. The Kier molecular flexibility index (Phi) is 3.84. The number of anilines is 2. The van der Waals surface area contributed by atoms with Gasteiger partial charge in [0.1, 0.15) is 0 Å². The Balaban J connectivity index is 1.72. The Morgan fingerprint density at radius 1 is 1.16 bits per heavy atom. The minimum Gasteiger partial charge on any atom is -0.396 e. The van der Waals surface area contributed by atoms with Gasteiger partial charge in [0.15, 0.2) is 5.82 Å². The van der Waals surface area contributed by atoms with Crippen molar-refractivity contribution >= 4 is 28.1 Å². The lowest BCUT2D eigenvalue weighted by molar-refractivity contribution is 0.102. The van der Waals surface area contributed by atoms with Gasteiger partial charge in [0.05, 0.1) is 11.3 Å². The Bertz CT molecular complexity index is 961. The van der Waals surface area contributed by atoms with Gasteiger partial charge < -0.3 is 11.1 Å². The van der Waals surface area contributed by atoms with E-state index in [1.165, 1.54) is 12.3 Å². The zero-order valence-electron chi connectivity index (χ0n) is 13.6. The lowest BCUT2D eigenvalue weighted by Crippen LogP contribution is -2.19. The van der Waals surface area contributed by atoms with E-state index in [2.05, 4.69) is 10.3 Å². The molecule has 0 bridgehead atoms. The highest BCUT2D eigenvalue weighted by molar-refractivity contribution is 6.12. The van der Waals surface area contributed by atoms with Crippen molar-refractivity contribution in [1.82, 2.24) is 4.98 Å². The van der Waals surface area contributed by atoms with Crippen molar-refractivity contribution in [3.63, 3.8) is 0 Å². The third kappa shape index (κ3) is 2.71. The molecule has 4 rings (SSSR count). The number of hydrogen-bond donors (Lipinski definition) is 2. The molecule has 4 nitrogen and oxygen atoms in total. The first-order chi connectivity index (χ1) is 12.1. The number of carbonyl (C=O) groups excluding carboxylic acids is 1. The number of carbonyl (C=O) groups is 1. The van der Waals surface area contributed by atoms with Crippen molar-refractivity contribution in [3.8, 4) is 0 Å². The summed E-state index contributed by atoms with van der Waals surface area (Å²) in [7, 11) is 0. The predicted octanol–water partition coefficient (Wildman–Crippen LogP) is 4.48. The highest BCUT2D eigenvalue weighted by atomic mass is 19.1. The maximum Gasteiger partial charge on any atom is 0.257 e. The number of amides is 1. The number of hydrogen-bond acceptors (Lipinski definition) is 3. The van der Waals surface area contributed by atoms with Gasteiger partial charge in [-0.3, -0.25) is 9.78 Å². The molecule has 1 aromatic heterocycles. The van der Waals surface area contributed by atoms with E-state index in [0.29, 0.717) is 16.8 Å². The average molecular weight is 335 g/mol. The number of aromatic nitrogens is 1. The average Bonchev–Trinajstić information content (AvgIpc) is 2.59. The Hall–Kier alpha value is -2.95. The number of nitrogens with one attached hydrogen (secondary N) is 1. The van der Waals surface area contributed by atoms with Crippen molar-refractivity contribution in [2.75, 3.05) is 11.1 Å². The normalized spacial score (nSPS) is 14.3. The van der Waals surface area contributed by atoms with Gasteiger partial charge in [-0.25, -0.2) is 4.39 Å². The van der Waals surface area contributed by atoms with Crippen LogP contribution in [-0.2, 0) is 0 Å². The van der Waals surface area contributed by atoms with Crippen molar-refractivity contribution in [1.29, 1.82) is 0 Å². The molecule has 5 heteroatoms. The Morgan fingerprint density at radius 3 is 2.72 bits per heavy atom. The lowest BCUT2D eigenvalue weighted by Gasteiger charge is -2.28. The van der Waals surface area contributed by atoms with E-state index in [4.69, 9.17) is 5.73 Å². The molecular weight excluding hydrogens is 317 g/mol. The first-order valence-electron chi connectivity index (χ1n) is 8.37. The summed E-state index contributed by atoms with van der Waals surface area (Å²) in [4.78, 5) is 16.9. The molecule has 1 heterocycles. The predicted molar refractivity (Wildman–Crippen MR) is 97.1 cm³/mol. The monoisotopic (exact) mass is 335 g/mol. The van der Waals surface area contributed by atoms with Gasteiger partial charge >= 0.3 is 0 Å². The van der Waals surface area contributed by atoms with Crippen LogP contribution in [0.2, 0.25) is 0 Å². The second-order valence-electron chi connectivity index (χ2n) is 6.42. The summed E-state index contributed by atoms with van der Waals surface area (Å²) in [6.07, 6.45) is 6.15. The zero-order chi connectivity index (χ0) is 17.4. The third-order valence-corrected chi connectivity index (χ3v) is 4.88. The molecule has 1 aliphatic rings. The number of pyridine rings is 1. The van der Waals surface area contributed by atoms with Crippen molar-refractivity contribution < 1.29 is 9.18 Å². The van der Waals surface area contributed by atoms with E-state index in [1.807, 2.05) is 24.3 Å². The summed E-state index contributed by atoms with van der Waals surface area (Å²) in [6.45, 7) is 0. The van der Waals surface area contributed by atoms with Crippen LogP contribution in [0.4, 0.5) is 15.8 Å². The number of nitrogens with two attached hydrogens (primary N) is 1. The number of halogens is 1. The smallest absolute Gasteiger partial charge is 0.257 e. The van der Waals surface area contributed by atoms with Crippen molar-refractivity contribution in [2.45, 2.75) is 25.2 Å². The summed E-state index contributed by atoms with van der Waals surface area (Å²) >= 11 is 0. The molecule has 1 fully saturated rings. The maximum absolute atomic E-state index is 14.6. The van der Waals surface area contributed by atoms with Crippen LogP contribution in [-0.4, -0.2) is 10.9 Å². The molecule has 1 saturated carbocycles. The van der Waals surface area contributed by atoms with Crippen LogP contribution in [0.25, 0.3) is 10.8 Å². The summed E-state index contributed by atoms with van der Waals surface area (Å²) in [5.74, 6) is -0.600. The second-order valence-corrected chi connectivity index (χ2v) is 6.42. The van der Waals surface area contributed by atoms with E-state index in [1.54, 1.807) is 12.3 Å². The van der Waals surface area contributed by atoms with Gasteiger partial charge in [0.25, 0.3) is 5.91 Å². The fourth-order valence-corrected chi connectivity index (χ4v) is 3.30. The Morgan fingerprint density at radius 2 is 1.96 bits per heavy atom. The molecule has 0 spiro atoms. The van der Waals surface area contributed by atoms with E-state index < -0.39 is 5.82 Å². The molecular formula is C20H18FN3O. The molecule has 0 radical (unpaired) electrons. The first-order valence-corrected chi connectivity index (χ1v) is 8.37. The van der Waals surface area contributed by atoms with Crippen LogP contribution in [0.5, 0.6) is 0 Å². The standard InChI is InChI=1S/C20H18FN3O/c21-19-16(22)8-9-17(18(19)12-5-3-6-12)24-20(25)15-11-23-10-13-4-1-2-7-14(13)15/h1-2,4,7-12H,3,5-6,22H2,(H,24,25). The molecule has 1 amide bonds. The highest BCUT2D eigenvalue weighted by Crippen LogP contribution is 2.42. The lowest BCUT2D eigenvalue weighted by atomic mass is 9.79. The largest absolute Gasteiger partial charge is 0.396 e. The van der Waals surface area contributed by atoms with E-state index in [-0.39, 0.29) is 17.5 Å². The number of benzene rings is 2. The van der Waals surface area contributed by atoms with E-state index >= 15 is 0 Å². The zero-order valence-corrected chi connectivity index (χ0v) is 13.6. The van der Waals surface area contributed by atoms with Crippen LogP contribution in [0.15, 0.2) is 48.8 Å². The second kappa shape index (κ2) is 6.16. The molecule has 1 aliphatic carbocycles. The summed E-state index contributed by atoms with van der Waals surface area (Å²) in [5.41, 5.74) is 7.33. The first kappa shape index (κ1) is 15.6. The summed E-state index contributed by atoms with van der Waals surface area (Å²) in [6, 6.07) is 10.7. The molecule has 0 atom stereocenters. The number of nitrogen functional groups attached to an aromatic ring is 1. The van der Waals surface area contributed by atoms with E-state index in [9.17, 15) is 9.18 Å². The number of nitrogens with zero attached hydrogens (tertiary/aromatic N) is 1. The van der Waals surface area contributed by atoms with E-state index in [0.717, 1.165) is 30.0 Å². The third-order valence-electron chi connectivity index (χ3n) is 4.88. The molecule has 2 aromatic carbocycles. The minimum absolute atomic E-state index is 0.115. The SMILES string of the molecule is Nc1ccc(NC(=O)c2cncc3ccccc23)c(C2CCC2)c1F. The number of fused-ring (bicyclic) bond motifs is 1. The van der Waals surface area contributed by atoms with Gasteiger partial charge in [-0.05, 0) is 36.3 Å². The molecule has 0 unspecified atom stereocenters. The van der Waals surface area contributed by atoms with Gasteiger partial charge in [0, 0.05) is 29.0 Å². The Labute approximate surface area is 144 Å². The maximum atomic E-state index is 14.6. The van der Waals surface area contributed by atoms with Crippen LogP contribution in [0.1, 0.15) is 41.1 Å². The highest BCUT2D eigenvalue weighted by Gasteiger charge is 2.27. The fraction of sp³-hybridized carbons (Fsp3) is 0.200. The van der Waals surface area contributed by atoms with Gasteiger partial charge in [0.2, 0.25) is 0 Å². The molecule has 0 saturated heterocycles. The van der Waals surface area contributed by atoms with Gasteiger partial charge in [-0.1, -0.05) is 30.7 Å². The van der Waals surface area contributed by atoms with Crippen LogP contribution in [0.3, 0.4) is 0 Å². The van der Waals surface area contributed by atoms with Crippen LogP contribution >= 0.6 is 0 Å². The topological polar surface area (TPSA) is 68.0 Å². The molecule has 3 N–H and O–H groups in total. The van der Waals surface area contributed by atoms with Crippen LogP contribution in [0, 0.1) is 5.82 Å². The molecule has 126 valence electrons. The van der Waals surface area contributed by atoms with Gasteiger partial charge in [-0.15, -0.1) is 0 Å². The molecule has 25 heavy (non-hydrogen) atoms. The van der Waals surface area contributed by atoms with Gasteiger partial charge in [-0.2, -0.15) is 0 Å². The van der Waals surface area contributed by atoms with Crippen molar-refractivity contribution in [3.05, 3.63) is 65.7 Å². The van der Waals surface area contributed by atoms with Crippen molar-refractivity contribution in [2.24, 2.45) is 0 Å².